The number of esters is 1. The van der Waals surface area contributed by atoms with Crippen LogP contribution in [0.15, 0.2) is 18.2 Å². The Kier molecular flexibility index (Phi) is 3.78. The molecule has 1 aromatic heterocycles. The van der Waals surface area contributed by atoms with Crippen molar-refractivity contribution >= 4 is 39.0 Å². The normalized spacial score (nSPS) is 10.9. The minimum Gasteiger partial charge on any atom is -0.489 e. The lowest BCUT2D eigenvalue weighted by molar-refractivity contribution is 0.0601. The van der Waals surface area contributed by atoms with Crippen LogP contribution in [-0.2, 0) is 4.74 Å². The van der Waals surface area contributed by atoms with Gasteiger partial charge in [-0.1, -0.05) is 11.6 Å². The van der Waals surface area contributed by atoms with Crippen LogP contribution in [0.1, 0.15) is 23.5 Å². The topological polar surface area (TPSA) is 35.5 Å². The number of hydrogen-bond donors (Lipinski definition) is 0. The first-order chi connectivity index (χ1) is 8.52. The molecular formula is C13H13ClO3S. The van der Waals surface area contributed by atoms with Gasteiger partial charge in [0.25, 0.3) is 0 Å². The zero-order valence-corrected chi connectivity index (χ0v) is 11.9. The number of carbonyl (C=O) groups is 1. The molecule has 0 bridgehead atoms. The van der Waals surface area contributed by atoms with Gasteiger partial charge in [0.05, 0.1) is 13.2 Å². The fourth-order valence-electron chi connectivity index (χ4n) is 1.63. The summed E-state index contributed by atoms with van der Waals surface area (Å²) in [4.78, 5) is 12.2. The van der Waals surface area contributed by atoms with Crippen molar-refractivity contribution in [3.8, 4) is 5.75 Å². The van der Waals surface area contributed by atoms with Crippen LogP contribution < -0.4 is 4.74 Å². The fraction of sp³-hybridized carbons (Fsp3) is 0.308. The molecule has 1 aromatic carbocycles. The fourth-order valence-corrected chi connectivity index (χ4v) is 2.96. The summed E-state index contributed by atoms with van der Waals surface area (Å²) in [5.74, 6) is 0.191. The van der Waals surface area contributed by atoms with Gasteiger partial charge in [0, 0.05) is 15.1 Å². The molecule has 0 unspecified atom stereocenters. The number of ether oxygens (including phenoxy) is 2. The zero-order valence-electron chi connectivity index (χ0n) is 10.3. The molecule has 0 spiro atoms. The highest BCUT2D eigenvalue weighted by molar-refractivity contribution is 7.21. The molecule has 0 aliphatic rings. The van der Waals surface area contributed by atoms with Crippen molar-refractivity contribution in [2.75, 3.05) is 7.11 Å². The van der Waals surface area contributed by atoms with Crippen molar-refractivity contribution in [3.63, 3.8) is 0 Å². The monoisotopic (exact) mass is 284 g/mol. The van der Waals surface area contributed by atoms with E-state index in [1.165, 1.54) is 18.4 Å². The van der Waals surface area contributed by atoms with Crippen LogP contribution in [0.25, 0.3) is 10.1 Å². The summed E-state index contributed by atoms with van der Waals surface area (Å²) in [7, 11) is 1.36. The summed E-state index contributed by atoms with van der Waals surface area (Å²) in [5, 5.41) is 1.52. The molecule has 3 nitrogen and oxygen atoms in total. The van der Waals surface area contributed by atoms with Crippen molar-refractivity contribution in [3.05, 3.63) is 28.1 Å². The third kappa shape index (κ3) is 2.44. The van der Waals surface area contributed by atoms with E-state index in [1.54, 1.807) is 6.07 Å². The van der Waals surface area contributed by atoms with E-state index in [1.807, 2.05) is 26.0 Å². The van der Waals surface area contributed by atoms with Gasteiger partial charge in [-0.25, -0.2) is 4.79 Å². The molecule has 5 heteroatoms. The molecule has 0 N–H and O–H groups in total. The van der Waals surface area contributed by atoms with Crippen LogP contribution in [0, 0.1) is 0 Å². The van der Waals surface area contributed by atoms with Crippen molar-refractivity contribution in [1.29, 1.82) is 0 Å². The highest BCUT2D eigenvalue weighted by Gasteiger charge is 2.21. The lowest BCUT2D eigenvalue weighted by Crippen LogP contribution is -2.09. The lowest BCUT2D eigenvalue weighted by Gasteiger charge is -2.10. The minimum absolute atomic E-state index is 0.0121. The average Bonchev–Trinajstić information content (AvgIpc) is 2.65. The Bertz CT molecular complexity index is 589. The Morgan fingerprint density at radius 2 is 2.11 bits per heavy atom. The second-order valence-electron chi connectivity index (χ2n) is 4.06. The van der Waals surface area contributed by atoms with Gasteiger partial charge in [-0.3, -0.25) is 0 Å². The van der Waals surface area contributed by atoms with Gasteiger partial charge in [0.15, 0.2) is 10.6 Å². The van der Waals surface area contributed by atoms with Crippen LogP contribution >= 0.6 is 22.9 Å². The second-order valence-corrected chi connectivity index (χ2v) is 5.55. The molecule has 0 aliphatic carbocycles. The van der Waals surface area contributed by atoms with Gasteiger partial charge < -0.3 is 9.47 Å². The molecule has 2 aromatic rings. The quantitative estimate of drug-likeness (QED) is 0.795. The molecule has 96 valence electrons. The van der Waals surface area contributed by atoms with E-state index >= 15 is 0 Å². The summed E-state index contributed by atoms with van der Waals surface area (Å²) in [6.45, 7) is 3.83. The smallest absolute Gasteiger partial charge is 0.351 e. The highest BCUT2D eigenvalue weighted by atomic mass is 35.5. The summed E-state index contributed by atoms with van der Waals surface area (Å²) in [6.07, 6.45) is -0.0121. The SMILES string of the molecule is COC(=O)c1sc2cc(Cl)ccc2c1OC(C)C. The molecule has 2 rings (SSSR count). The van der Waals surface area contributed by atoms with Gasteiger partial charge in [-0.15, -0.1) is 11.3 Å². The molecule has 0 fully saturated rings. The standard InChI is InChI=1S/C13H13ClO3S/c1-7(2)17-11-9-5-4-8(14)6-10(9)18-12(11)13(15)16-3/h4-7H,1-3H3. The number of hydrogen-bond acceptors (Lipinski definition) is 4. The third-order valence-electron chi connectivity index (χ3n) is 2.33. The van der Waals surface area contributed by atoms with Crippen molar-refractivity contribution in [1.82, 2.24) is 0 Å². The molecule has 18 heavy (non-hydrogen) atoms. The number of carbonyl (C=O) groups excluding carboxylic acids is 1. The Morgan fingerprint density at radius 1 is 1.39 bits per heavy atom. The average molecular weight is 285 g/mol. The predicted octanol–water partition coefficient (Wildman–Crippen LogP) is 4.13. The summed E-state index contributed by atoms with van der Waals surface area (Å²) >= 11 is 7.28. The Labute approximate surface area is 114 Å². The van der Waals surface area contributed by atoms with Gasteiger partial charge in [-0.2, -0.15) is 0 Å². The van der Waals surface area contributed by atoms with Gasteiger partial charge >= 0.3 is 5.97 Å². The second kappa shape index (κ2) is 5.16. The first-order valence-electron chi connectivity index (χ1n) is 5.50. The number of rotatable bonds is 3. The third-order valence-corrected chi connectivity index (χ3v) is 3.68. The van der Waals surface area contributed by atoms with Crippen LogP contribution in [0.3, 0.4) is 0 Å². The van der Waals surface area contributed by atoms with Gasteiger partial charge in [0.1, 0.15) is 0 Å². The van der Waals surface area contributed by atoms with Crippen molar-refractivity contribution < 1.29 is 14.3 Å². The first kappa shape index (κ1) is 13.2. The summed E-state index contributed by atoms with van der Waals surface area (Å²) < 4.78 is 11.4. The van der Waals surface area contributed by atoms with Crippen molar-refractivity contribution in [2.24, 2.45) is 0 Å². The molecule has 0 amide bonds. The largest absolute Gasteiger partial charge is 0.489 e. The van der Waals surface area contributed by atoms with E-state index in [4.69, 9.17) is 21.1 Å². The van der Waals surface area contributed by atoms with E-state index in [0.29, 0.717) is 15.6 Å². The summed E-state index contributed by atoms with van der Waals surface area (Å²) in [6, 6.07) is 5.46. The van der Waals surface area contributed by atoms with Crippen LogP contribution in [0.5, 0.6) is 5.75 Å². The zero-order chi connectivity index (χ0) is 13.3. The van der Waals surface area contributed by atoms with E-state index < -0.39 is 0 Å². The molecular weight excluding hydrogens is 272 g/mol. The molecule has 0 saturated carbocycles. The van der Waals surface area contributed by atoms with Crippen LogP contribution in [0.2, 0.25) is 5.02 Å². The van der Waals surface area contributed by atoms with Gasteiger partial charge in [0.2, 0.25) is 0 Å². The van der Waals surface area contributed by atoms with E-state index in [0.717, 1.165) is 10.1 Å². The number of halogens is 1. The van der Waals surface area contributed by atoms with E-state index in [2.05, 4.69) is 0 Å². The number of thiophene rings is 1. The molecule has 0 atom stereocenters. The Hall–Kier alpha value is -1.26. The first-order valence-corrected chi connectivity index (χ1v) is 6.69. The van der Waals surface area contributed by atoms with E-state index in [9.17, 15) is 4.79 Å². The molecule has 0 saturated heterocycles. The minimum atomic E-state index is -0.386. The maximum Gasteiger partial charge on any atom is 0.351 e. The summed E-state index contributed by atoms with van der Waals surface area (Å²) in [5.41, 5.74) is 0. The Morgan fingerprint density at radius 3 is 2.72 bits per heavy atom. The maximum atomic E-state index is 11.7. The highest BCUT2D eigenvalue weighted by Crippen LogP contribution is 2.39. The molecule has 0 aliphatic heterocycles. The van der Waals surface area contributed by atoms with Crippen molar-refractivity contribution in [2.45, 2.75) is 20.0 Å². The molecule has 1 heterocycles. The predicted molar refractivity (Wildman–Crippen MR) is 73.9 cm³/mol. The number of methoxy groups -OCH3 is 1. The van der Waals surface area contributed by atoms with Gasteiger partial charge in [-0.05, 0) is 32.0 Å². The lowest BCUT2D eigenvalue weighted by atomic mass is 10.2. The number of fused-ring (bicyclic) bond motifs is 1. The molecule has 0 radical (unpaired) electrons. The number of benzene rings is 1. The van der Waals surface area contributed by atoms with E-state index in [-0.39, 0.29) is 12.1 Å². The van der Waals surface area contributed by atoms with Crippen LogP contribution in [0.4, 0.5) is 0 Å². The van der Waals surface area contributed by atoms with Crippen LogP contribution in [-0.4, -0.2) is 19.2 Å². The Balaban J connectivity index is 2.63. The maximum absolute atomic E-state index is 11.7.